The maximum absolute atomic E-state index is 12.8. The van der Waals surface area contributed by atoms with Crippen LogP contribution in [0.5, 0.6) is 5.75 Å². The Morgan fingerprint density at radius 2 is 1.89 bits per heavy atom. The summed E-state index contributed by atoms with van der Waals surface area (Å²) in [6.45, 7) is 6.15. The molecule has 1 aliphatic heterocycles. The lowest BCUT2D eigenvalue weighted by molar-refractivity contribution is -0.139. The highest BCUT2D eigenvalue weighted by Crippen LogP contribution is 2.39. The van der Waals surface area contributed by atoms with Gasteiger partial charge in [0.2, 0.25) is 0 Å². The first-order chi connectivity index (χ1) is 13.0. The zero-order valence-corrected chi connectivity index (χ0v) is 16.0. The van der Waals surface area contributed by atoms with Crippen LogP contribution in [0.3, 0.4) is 0 Å². The maximum atomic E-state index is 12.8. The van der Waals surface area contributed by atoms with E-state index in [0.29, 0.717) is 23.6 Å². The van der Waals surface area contributed by atoms with Crippen molar-refractivity contribution in [3.63, 3.8) is 0 Å². The number of carbonyl (C=O) groups is 2. The summed E-state index contributed by atoms with van der Waals surface area (Å²) in [7, 11) is 1.63. The van der Waals surface area contributed by atoms with Crippen LogP contribution in [0.2, 0.25) is 0 Å². The van der Waals surface area contributed by atoms with Crippen LogP contribution in [0.1, 0.15) is 32.4 Å². The van der Waals surface area contributed by atoms with Gasteiger partial charge in [0.05, 0.1) is 24.8 Å². The van der Waals surface area contributed by atoms with Gasteiger partial charge in [0.15, 0.2) is 0 Å². The van der Waals surface area contributed by atoms with Crippen LogP contribution < -0.4 is 10.1 Å². The highest BCUT2D eigenvalue weighted by atomic mass is 16.5. The van der Waals surface area contributed by atoms with Gasteiger partial charge in [-0.1, -0.05) is 30.3 Å². The van der Waals surface area contributed by atoms with Crippen molar-refractivity contribution >= 4 is 22.8 Å². The summed E-state index contributed by atoms with van der Waals surface area (Å²) >= 11 is 0. The smallest absolute Gasteiger partial charge is 0.338 e. The first kappa shape index (κ1) is 18.8. The van der Waals surface area contributed by atoms with Gasteiger partial charge < -0.3 is 19.7 Å². The molecule has 1 atom stereocenters. The molecule has 6 nitrogen and oxygen atoms in total. The Kier molecular flexibility index (Phi) is 5.35. The number of nitrogens with zero attached hydrogens (tertiary/aromatic N) is 1. The fourth-order valence-electron chi connectivity index (χ4n) is 3.38. The Bertz CT molecular complexity index is 920. The van der Waals surface area contributed by atoms with E-state index in [1.54, 1.807) is 20.9 Å². The van der Waals surface area contributed by atoms with Crippen LogP contribution in [0, 0.1) is 0 Å². The van der Waals surface area contributed by atoms with Crippen LogP contribution in [-0.2, 0) is 9.53 Å². The summed E-state index contributed by atoms with van der Waals surface area (Å²) in [6, 6.07) is 10.8. The van der Waals surface area contributed by atoms with Gasteiger partial charge in [0.1, 0.15) is 5.75 Å². The predicted molar refractivity (Wildman–Crippen MR) is 103 cm³/mol. The van der Waals surface area contributed by atoms with E-state index in [0.717, 1.165) is 16.3 Å². The minimum atomic E-state index is -0.652. The topological polar surface area (TPSA) is 67.9 Å². The fraction of sp³-hybridized carbons (Fsp3) is 0.333. The van der Waals surface area contributed by atoms with Crippen LogP contribution in [0.4, 0.5) is 4.79 Å². The fourth-order valence-corrected chi connectivity index (χ4v) is 3.38. The Morgan fingerprint density at radius 3 is 2.59 bits per heavy atom. The van der Waals surface area contributed by atoms with Gasteiger partial charge in [0, 0.05) is 18.3 Å². The largest absolute Gasteiger partial charge is 0.493 e. The molecule has 3 rings (SSSR count). The molecule has 142 valence electrons. The number of allylic oxidation sites excluding steroid dienone is 1. The maximum Gasteiger partial charge on any atom is 0.338 e. The average molecular weight is 368 g/mol. The molecule has 0 aliphatic carbocycles. The molecule has 2 aromatic rings. The molecule has 0 spiro atoms. The summed E-state index contributed by atoms with van der Waals surface area (Å²) in [5.41, 5.74) is 1.74. The summed E-state index contributed by atoms with van der Waals surface area (Å²) in [5.74, 6) is 0.197. The molecule has 1 aliphatic rings. The third-order valence-electron chi connectivity index (χ3n) is 4.77. The predicted octanol–water partition coefficient (Wildman–Crippen LogP) is 3.77. The van der Waals surface area contributed by atoms with E-state index in [-0.39, 0.29) is 12.6 Å². The SMILES string of the molecule is CCOC(=O)C1=C(C)N(C)C(=O)NC1c1c(OCC)ccc2ccccc12. The van der Waals surface area contributed by atoms with Crippen LogP contribution in [-0.4, -0.2) is 37.2 Å². The highest BCUT2D eigenvalue weighted by molar-refractivity contribution is 5.98. The van der Waals surface area contributed by atoms with E-state index in [1.807, 2.05) is 43.3 Å². The normalized spacial score (nSPS) is 17.1. The third-order valence-corrected chi connectivity index (χ3v) is 4.77. The van der Waals surface area contributed by atoms with Crippen molar-refractivity contribution in [3.05, 3.63) is 53.2 Å². The van der Waals surface area contributed by atoms with Crippen molar-refractivity contribution in [3.8, 4) is 5.75 Å². The molecule has 0 bridgehead atoms. The van der Waals surface area contributed by atoms with E-state index < -0.39 is 12.0 Å². The second-order valence-electron chi connectivity index (χ2n) is 6.29. The van der Waals surface area contributed by atoms with Crippen molar-refractivity contribution < 1.29 is 19.1 Å². The van der Waals surface area contributed by atoms with Crippen molar-refractivity contribution in [2.45, 2.75) is 26.8 Å². The van der Waals surface area contributed by atoms with Gasteiger partial charge in [-0.2, -0.15) is 0 Å². The number of carbonyl (C=O) groups excluding carboxylic acids is 2. The molecular weight excluding hydrogens is 344 g/mol. The molecule has 0 aromatic heterocycles. The molecular formula is C21H24N2O4. The van der Waals surface area contributed by atoms with Gasteiger partial charge in [-0.05, 0) is 37.6 Å². The molecule has 1 N–H and O–H groups in total. The molecule has 2 aromatic carbocycles. The monoisotopic (exact) mass is 368 g/mol. The summed E-state index contributed by atoms with van der Waals surface area (Å²) in [5, 5.41) is 4.87. The second kappa shape index (κ2) is 7.70. The molecule has 6 heteroatoms. The van der Waals surface area contributed by atoms with Crippen molar-refractivity contribution in [1.82, 2.24) is 10.2 Å². The number of ether oxygens (including phenoxy) is 2. The number of benzene rings is 2. The van der Waals surface area contributed by atoms with Gasteiger partial charge in [-0.3, -0.25) is 0 Å². The second-order valence-corrected chi connectivity index (χ2v) is 6.29. The van der Waals surface area contributed by atoms with E-state index in [2.05, 4.69) is 5.32 Å². The molecule has 0 saturated carbocycles. The van der Waals surface area contributed by atoms with Gasteiger partial charge >= 0.3 is 12.0 Å². The number of urea groups is 1. The summed E-state index contributed by atoms with van der Waals surface area (Å²) in [4.78, 5) is 26.7. The Hall–Kier alpha value is -3.02. The number of hydrogen-bond acceptors (Lipinski definition) is 4. The van der Waals surface area contributed by atoms with Crippen LogP contribution >= 0.6 is 0 Å². The Labute approximate surface area is 158 Å². The summed E-state index contributed by atoms with van der Waals surface area (Å²) < 4.78 is 11.1. The molecule has 27 heavy (non-hydrogen) atoms. The molecule has 0 radical (unpaired) electrons. The lowest BCUT2D eigenvalue weighted by atomic mass is 9.90. The highest BCUT2D eigenvalue weighted by Gasteiger charge is 2.37. The molecule has 2 amide bonds. The van der Waals surface area contributed by atoms with E-state index >= 15 is 0 Å². The number of hydrogen-bond donors (Lipinski definition) is 1. The standard InChI is InChI=1S/C21H24N2O4/c1-5-26-16-12-11-14-9-7-8-10-15(14)18(16)19-17(20(24)27-6-2)13(3)23(4)21(25)22-19/h7-12,19H,5-6H2,1-4H3,(H,22,25). The molecule has 1 unspecified atom stereocenters. The minimum Gasteiger partial charge on any atom is -0.493 e. The molecule has 0 fully saturated rings. The van der Waals surface area contributed by atoms with E-state index in [9.17, 15) is 9.59 Å². The Balaban J connectivity index is 2.28. The zero-order valence-electron chi connectivity index (χ0n) is 16.0. The van der Waals surface area contributed by atoms with Crippen LogP contribution in [0.15, 0.2) is 47.7 Å². The number of nitrogens with one attached hydrogen (secondary N) is 1. The van der Waals surface area contributed by atoms with Crippen molar-refractivity contribution in [1.29, 1.82) is 0 Å². The van der Waals surface area contributed by atoms with E-state index in [1.165, 1.54) is 4.90 Å². The zero-order chi connectivity index (χ0) is 19.6. The Morgan fingerprint density at radius 1 is 1.15 bits per heavy atom. The number of fused-ring (bicyclic) bond motifs is 1. The molecule has 0 saturated heterocycles. The van der Waals surface area contributed by atoms with E-state index in [4.69, 9.17) is 9.47 Å². The van der Waals surface area contributed by atoms with Crippen molar-refractivity contribution in [2.24, 2.45) is 0 Å². The van der Waals surface area contributed by atoms with Gasteiger partial charge in [0.25, 0.3) is 0 Å². The first-order valence-electron chi connectivity index (χ1n) is 9.06. The number of amides is 2. The van der Waals surface area contributed by atoms with Gasteiger partial charge in [-0.25, -0.2) is 9.59 Å². The van der Waals surface area contributed by atoms with Crippen molar-refractivity contribution in [2.75, 3.05) is 20.3 Å². The lowest BCUT2D eigenvalue weighted by Gasteiger charge is -2.34. The third kappa shape index (κ3) is 3.35. The van der Waals surface area contributed by atoms with Crippen LogP contribution in [0.25, 0.3) is 10.8 Å². The summed E-state index contributed by atoms with van der Waals surface area (Å²) in [6.07, 6.45) is 0. The lowest BCUT2D eigenvalue weighted by Crippen LogP contribution is -2.46. The quantitative estimate of drug-likeness (QED) is 0.816. The minimum absolute atomic E-state index is 0.258. The average Bonchev–Trinajstić information content (AvgIpc) is 2.66. The molecule has 1 heterocycles. The number of rotatable bonds is 5. The number of esters is 1. The first-order valence-corrected chi connectivity index (χ1v) is 9.06. The van der Waals surface area contributed by atoms with Gasteiger partial charge in [-0.15, -0.1) is 0 Å².